The average molecular weight is 426 g/mol. The number of aromatic hydroxyl groups is 2. The van der Waals surface area contributed by atoms with E-state index < -0.39 is 0 Å². The topological polar surface area (TPSA) is 175 Å². The summed E-state index contributed by atoms with van der Waals surface area (Å²) in [6.45, 7) is 4.71. The molecular formula is C22H31N7O2. The van der Waals surface area contributed by atoms with Gasteiger partial charge >= 0.3 is 0 Å². The summed E-state index contributed by atoms with van der Waals surface area (Å²) in [6, 6.07) is 15.9. The smallest absolute Gasteiger partial charge is 0.185 e. The Labute approximate surface area is 182 Å². The molecule has 0 saturated heterocycles. The van der Waals surface area contributed by atoms with Crippen LogP contribution in [0.3, 0.4) is 0 Å². The number of nitrogens with zero attached hydrogens (tertiary/aromatic N) is 3. The number of guanidine groups is 1. The van der Waals surface area contributed by atoms with Gasteiger partial charge in [-0.25, -0.2) is 4.68 Å². The normalized spacial score (nSPS) is 9.45. The van der Waals surface area contributed by atoms with E-state index in [0.29, 0.717) is 24.7 Å². The number of phenolic OH excluding ortho intramolecular Hbond substituents is 2. The predicted molar refractivity (Wildman–Crippen MR) is 125 cm³/mol. The van der Waals surface area contributed by atoms with Crippen molar-refractivity contribution >= 4 is 11.8 Å². The lowest BCUT2D eigenvalue weighted by atomic mass is 10.1. The third-order valence-corrected chi connectivity index (χ3v) is 3.80. The molecule has 0 fully saturated rings. The van der Waals surface area contributed by atoms with Crippen molar-refractivity contribution in [3.8, 4) is 11.5 Å². The Morgan fingerprint density at radius 3 is 1.77 bits per heavy atom. The molecule has 2 aromatic carbocycles. The second kappa shape index (κ2) is 14.1. The molecule has 0 aliphatic carbocycles. The first-order valence-electron chi connectivity index (χ1n) is 9.57. The Kier molecular flexibility index (Phi) is 11.4. The fourth-order valence-corrected chi connectivity index (χ4v) is 2.24. The average Bonchev–Trinajstić information content (AvgIpc) is 3.28. The zero-order chi connectivity index (χ0) is 23.1. The van der Waals surface area contributed by atoms with Crippen molar-refractivity contribution in [1.82, 2.24) is 9.78 Å². The molecule has 1 heterocycles. The second-order valence-electron chi connectivity index (χ2n) is 6.37. The molecule has 0 spiro atoms. The number of hydrogen-bond acceptors (Lipinski definition) is 6. The third kappa shape index (κ3) is 11.6. The SMILES string of the molecule is C=C(N)n1cccn1.NC(N)=NCCc1ccc(O)cc1.NCCc1ccc(O)cc1. The van der Waals surface area contributed by atoms with Crippen LogP contribution in [0.1, 0.15) is 11.1 Å². The van der Waals surface area contributed by atoms with Crippen molar-refractivity contribution in [2.75, 3.05) is 13.1 Å². The van der Waals surface area contributed by atoms with Gasteiger partial charge in [-0.15, -0.1) is 0 Å². The quantitative estimate of drug-likeness (QED) is 0.255. The van der Waals surface area contributed by atoms with Crippen molar-refractivity contribution in [1.29, 1.82) is 0 Å². The maximum Gasteiger partial charge on any atom is 0.185 e. The minimum atomic E-state index is 0.110. The Hall–Kier alpha value is -3.98. The summed E-state index contributed by atoms with van der Waals surface area (Å²) in [4.78, 5) is 3.85. The van der Waals surface area contributed by atoms with E-state index >= 15 is 0 Å². The highest BCUT2D eigenvalue weighted by Crippen LogP contribution is 2.10. The molecule has 0 aliphatic rings. The van der Waals surface area contributed by atoms with Crippen LogP contribution in [0.4, 0.5) is 0 Å². The Morgan fingerprint density at radius 1 is 0.903 bits per heavy atom. The summed E-state index contributed by atoms with van der Waals surface area (Å²) in [5.74, 6) is 1.13. The van der Waals surface area contributed by atoms with Crippen LogP contribution < -0.4 is 22.9 Å². The first-order chi connectivity index (χ1) is 14.8. The zero-order valence-electron chi connectivity index (χ0n) is 17.4. The molecule has 31 heavy (non-hydrogen) atoms. The summed E-state index contributed by atoms with van der Waals surface area (Å²) in [5, 5.41) is 21.7. The van der Waals surface area contributed by atoms with E-state index in [2.05, 4.69) is 16.7 Å². The van der Waals surface area contributed by atoms with E-state index in [0.717, 1.165) is 18.4 Å². The van der Waals surface area contributed by atoms with Crippen molar-refractivity contribution < 1.29 is 10.2 Å². The lowest BCUT2D eigenvalue weighted by molar-refractivity contribution is 0.474. The molecule has 0 atom stereocenters. The minimum absolute atomic E-state index is 0.110. The fraction of sp³-hybridized carbons (Fsp3) is 0.182. The van der Waals surface area contributed by atoms with Crippen molar-refractivity contribution in [2.45, 2.75) is 12.8 Å². The van der Waals surface area contributed by atoms with Gasteiger partial charge in [0.15, 0.2) is 5.96 Å². The maximum absolute atomic E-state index is 9.00. The van der Waals surface area contributed by atoms with Crippen LogP contribution in [-0.2, 0) is 12.8 Å². The van der Waals surface area contributed by atoms with Crippen LogP contribution in [-0.4, -0.2) is 39.0 Å². The highest BCUT2D eigenvalue weighted by Gasteiger charge is 1.92. The van der Waals surface area contributed by atoms with Gasteiger partial charge in [0.2, 0.25) is 0 Å². The number of nitrogens with two attached hydrogens (primary N) is 4. The van der Waals surface area contributed by atoms with E-state index in [-0.39, 0.29) is 11.7 Å². The molecular weight excluding hydrogens is 394 g/mol. The van der Waals surface area contributed by atoms with Gasteiger partial charge in [-0.2, -0.15) is 5.10 Å². The Bertz CT molecular complexity index is 902. The number of hydrogen-bond donors (Lipinski definition) is 6. The first-order valence-corrected chi connectivity index (χ1v) is 9.57. The largest absolute Gasteiger partial charge is 0.508 e. The van der Waals surface area contributed by atoms with Gasteiger partial charge < -0.3 is 33.1 Å². The van der Waals surface area contributed by atoms with Gasteiger partial charge in [0.05, 0.1) is 0 Å². The molecule has 1 aromatic heterocycles. The van der Waals surface area contributed by atoms with E-state index in [9.17, 15) is 0 Å². The highest BCUT2D eigenvalue weighted by molar-refractivity contribution is 5.75. The van der Waals surface area contributed by atoms with Crippen LogP contribution in [0.2, 0.25) is 0 Å². The van der Waals surface area contributed by atoms with Crippen LogP contribution in [0, 0.1) is 0 Å². The Balaban J connectivity index is 0.000000240. The standard InChI is InChI=1S/C9H13N3O.C8H11NO.C5H7N3/c10-9(11)12-6-5-7-1-3-8(13)4-2-7;9-6-5-7-1-3-8(10)4-2-7;1-5(6)8-4-2-3-7-8/h1-4,13H,5-6H2,(H4,10,11,12);1-4,10H,5-6,9H2;2-4H,1,6H2. The summed E-state index contributed by atoms with van der Waals surface area (Å²) in [5.41, 5.74) is 23.2. The van der Waals surface area contributed by atoms with Crippen LogP contribution >= 0.6 is 0 Å². The number of phenols is 2. The van der Waals surface area contributed by atoms with Crippen LogP contribution in [0.5, 0.6) is 11.5 Å². The van der Waals surface area contributed by atoms with E-state index in [1.54, 1.807) is 42.7 Å². The van der Waals surface area contributed by atoms with Crippen LogP contribution in [0.25, 0.3) is 5.82 Å². The summed E-state index contributed by atoms with van der Waals surface area (Å²) in [7, 11) is 0. The number of aromatic nitrogens is 2. The fourth-order valence-electron chi connectivity index (χ4n) is 2.24. The molecule has 0 bridgehead atoms. The molecule has 3 aromatic rings. The maximum atomic E-state index is 9.00. The summed E-state index contributed by atoms with van der Waals surface area (Å²) >= 11 is 0. The van der Waals surface area contributed by atoms with Gasteiger partial charge in [-0.1, -0.05) is 30.8 Å². The molecule has 0 amide bonds. The first kappa shape index (κ1) is 25.1. The van der Waals surface area contributed by atoms with Crippen molar-refractivity contribution in [3.05, 3.63) is 84.7 Å². The number of aliphatic imine (C=N–C) groups is 1. The van der Waals surface area contributed by atoms with Crippen molar-refractivity contribution in [3.63, 3.8) is 0 Å². The summed E-state index contributed by atoms with van der Waals surface area (Å²) < 4.78 is 1.50. The molecule has 9 nitrogen and oxygen atoms in total. The lowest BCUT2D eigenvalue weighted by Crippen LogP contribution is -2.23. The van der Waals surface area contributed by atoms with E-state index in [1.165, 1.54) is 10.2 Å². The summed E-state index contributed by atoms with van der Waals surface area (Å²) in [6.07, 6.45) is 5.04. The molecule has 0 saturated carbocycles. The second-order valence-corrected chi connectivity index (χ2v) is 6.37. The van der Waals surface area contributed by atoms with Gasteiger partial charge in [-0.05, 0) is 60.8 Å². The molecule has 0 radical (unpaired) electrons. The molecule has 10 N–H and O–H groups in total. The van der Waals surface area contributed by atoms with E-state index in [4.69, 9.17) is 33.1 Å². The van der Waals surface area contributed by atoms with E-state index in [1.807, 2.05) is 24.3 Å². The predicted octanol–water partition coefficient (Wildman–Crippen LogP) is 1.37. The molecule has 9 heteroatoms. The molecule has 3 rings (SSSR count). The molecule has 0 unspecified atom stereocenters. The highest BCUT2D eigenvalue weighted by atomic mass is 16.3. The van der Waals surface area contributed by atoms with Crippen LogP contribution in [0.15, 0.2) is 78.6 Å². The van der Waals surface area contributed by atoms with Crippen molar-refractivity contribution in [2.24, 2.45) is 27.9 Å². The molecule has 0 aliphatic heterocycles. The Morgan fingerprint density at radius 2 is 1.42 bits per heavy atom. The van der Waals surface area contributed by atoms with Gasteiger partial charge in [-0.3, -0.25) is 4.99 Å². The zero-order valence-corrected chi connectivity index (χ0v) is 17.4. The van der Waals surface area contributed by atoms with Gasteiger partial charge in [0.25, 0.3) is 0 Å². The third-order valence-electron chi connectivity index (χ3n) is 3.80. The number of benzene rings is 2. The monoisotopic (exact) mass is 425 g/mol. The van der Waals surface area contributed by atoms with Gasteiger partial charge in [0, 0.05) is 18.9 Å². The molecule has 166 valence electrons. The minimum Gasteiger partial charge on any atom is -0.508 e. The number of rotatable bonds is 6. The van der Waals surface area contributed by atoms with Gasteiger partial charge in [0.1, 0.15) is 17.3 Å². The lowest BCUT2D eigenvalue weighted by Gasteiger charge is -1.98.